The molecule has 2 nitrogen and oxygen atoms in total. The first-order valence-electron chi connectivity index (χ1n) is 3.07. The van der Waals surface area contributed by atoms with Gasteiger partial charge < -0.3 is 4.74 Å². The number of nitrogens with zero attached hydrogens (tertiary/aromatic N) is 1. The number of pyridine rings is 1. The molecule has 1 aromatic rings. The molecule has 0 saturated heterocycles. The molecule has 0 aromatic carbocycles. The van der Waals surface area contributed by atoms with Gasteiger partial charge in [-0.05, 0) is 13.0 Å². The third-order valence-electron chi connectivity index (χ3n) is 1.03. The molecule has 1 heterocycles. The molecule has 0 aliphatic carbocycles. The lowest BCUT2D eigenvalue weighted by molar-refractivity contribution is 0.320. The Morgan fingerprint density at radius 3 is 3.10 bits per heavy atom. The molecule has 54 valence electrons. The highest BCUT2D eigenvalue weighted by molar-refractivity contribution is 5.18. The van der Waals surface area contributed by atoms with E-state index in [9.17, 15) is 4.39 Å². The fourth-order valence-corrected chi connectivity index (χ4v) is 0.625. The van der Waals surface area contributed by atoms with Gasteiger partial charge in [0.05, 0.1) is 12.8 Å². The van der Waals surface area contributed by atoms with Crippen LogP contribution in [0.2, 0.25) is 0 Å². The van der Waals surface area contributed by atoms with E-state index in [1.165, 1.54) is 18.5 Å². The van der Waals surface area contributed by atoms with Crippen LogP contribution >= 0.6 is 0 Å². The van der Waals surface area contributed by atoms with Gasteiger partial charge in [-0.15, -0.1) is 0 Å². The molecule has 0 atom stereocenters. The summed E-state index contributed by atoms with van der Waals surface area (Å²) in [6, 6.07) is 1.27. The van der Waals surface area contributed by atoms with Crippen LogP contribution in [-0.4, -0.2) is 11.6 Å². The molecule has 0 saturated carbocycles. The predicted molar refractivity (Wildman–Crippen MR) is 35.4 cm³/mol. The van der Waals surface area contributed by atoms with Crippen molar-refractivity contribution in [3.63, 3.8) is 0 Å². The molecule has 0 aliphatic heterocycles. The van der Waals surface area contributed by atoms with Gasteiger partial charge in [0.15, 0.2) is 11.6 Å². The van der Waals surface area contributed by atoms with E-state index in [1.54, 1.807) is 6.92 Å². The third-order valence-corrected chi connectivity index (χ3v) is 1.03. The Bertz CT molecular complexity index is 215. The second-order valence-corrected chi connectivity index (χ2v) is 1.74. The van der Waals surface area contributed by atoms with Gasteiger partial charge in [0.25, 0.3) is 0 Å². The first-order valence-corrected chi connectivity index (χ1v) is 3.07. The van der Waals surface area contributed by atoms with Crippen molar-refractivity contribution in [3.8, 4) is 5.75 Å². The van der Waals surface area contributed by atoms with Crippen LogP contribution < -0.4 is 4.74 Å². The smallest absolute Gasteiger partial charge is 0.173 e. The van der Waals surface area contributed by atoms with Crippen molar-refractivity contribution < 1.29 is 9.13 Å². The number of rotatable bonds is 2. The number of hydrogen-bond acceptors (Lipinski definition) is 2. The van der Waals surface area contributed by atoms with Crippen molar-refractivity contribution in [1.82, 2.24) is 4.98 Å². The average Bonchev–Trinajstić information content (AvgIpc) is 1.94. The molecule has 3 heteroatoms. The van der Waals surface area contributed by atoms with E-state index in [4.69, 9.17) is 4.74 Å². The summed E-state index contributed by atoms with van der Waals surface area (Å²) in [5, 5.41) is 0. The first kappa shape index (κ1) is 6.99. The van der Waals surface area contributed by atoms with Crippen molar-refractivity contribution in [1.29, 1.82) is 0 Å². The SMILES string of the molecule is CCOc1cnccc1F. The van der Waals surface area contributed by atoms with E-state index >= 15 is 0 Å². The molecule has 0 aliphatic rings. The van der Waals surface area contributed by atoms with Gasteiger partial charge in [0.1, 0.15) is 0 Å². The van der Waals surface area contributed by atoms with E-state index in [0.717, 1.165) is 0 Å². The molecule has 1 aromatic heterocycles. The lowest BCUT2D eigenvalue weighted by Gasteiger charge is -2.00. The number of aromatic nitrogens is 1. The van der Waals surface area contributed by atoms with Crippen LogP contribution in [0.1, 0.15) is 6.92 Å². The summed E-state index contributed by atoms with van der Waals surface area (Å²) < 4.78 is 17.5. The van der Waals surface area contributed by atoms with Gasteiger partial charge in [-0.25, -0.2) is 4.39 Å². The number of halogens is 1. The van der Waals surface area contributed by atoms with E-state index in [2.05, 4.69) is 4.98 Å². The predicted octanol–water partition coefficient (Wildman–Crippen LogP) is 1.62. The molecule has 0 spiro atoms. The lowest BCUT2D eigenvalue weighted by Crippen LogP contribution is -1.94. The maximum absolute atomic E-state index is 12.6. The minimum Gasteiger partial charge on any atom is -0.489 e. The Morgan fingerprint density at radius 1 is 1.70 bits per heavy atom. The zero-order chi connectivity index (χ0) is 7.40. The van der Waals surface area contributed by atoms with Crippen LogP contribution in [0.15, 0.2) is 18.5 Å². The fraction of sp³-hybridized carbons (Fsp3) is 0.286. The minimum absolute atomic E-state index is 0.213. The Morgan fingerprint density at radius 2 is 2.50 bits per heavy atom. The van der Waals surface area contributed by atoms with Gasteiger partial charge in [-0.3, -0.25) is 4.98 Å². The van der Waals surface area contributed by atoms with Crippen LogP contribution in [-0.2, 0) is 0 Å². The van der Waals surface area contributed by atoms with Crippen LogP contribution in [0.3, 0.4) is 0 Å². The Balaban J connectivity index is 2.81. The maximum atomic E-state index is 12.6. The molecule has 0 radical (unpaired) electrons. The molecule has 1 rings (SSSR count). The van der Waals surface area contributed by atoms with Crippen molar-refractivity contribution in [2.45, 2.75) is 6.92 Å². The van der Waals surface area contributed by atoms with Crippen LogP contribution in [0.5, 0.6) is 5.75 Å². The van der Waals surface area contributed by atoms with Gasteiger partial charge in [0, 0.05) is 6.20 Å². The van der Waals surface area contributed by atoms with Crippen molar-refractivity contribution >= 4 is 0 Å². The van der Waals surface area contributed by atoms with E-state index in [-0.39, 0.29) is 11.6 Å². The summed E-state index contributed by atoms with van der Waals surface area (Å²) in [7, 11) is 0. The van der Waals surface area contributed by atoms with Crippen molar-refractivity contribution in [2.75, 3.05) is 6.61 Å². The van der Waals surface area contributed by atoms with E-state index < -0.39 is 0 Å². The molecule has 10 heavy (non-hydrogen) atoms. The largest absolute Gasteiger partial charge is 0.489 e. The molecular formula is C7H8FNO. The van der Waals surface area contributed by atoms with Crippen LogP contribution in [0.4, 0.5) is 4.39 Å². The zero-order valence-electron chi connectivity index (χ0n) is 5.67. The normalized spacial score (nSPS) is 9.40. The Kier molecular flexibility index (Phi) is 2.20. The minimum atomic E-state index is -0.364. The Labute approximate surface area is 58.7 Å². The highest BCUT2D eigenvalue weighted by atomic mass is 19.1. The molecule has 0 N–H and O–H groups in total. The monoisotopic (exact) mass is 141 g/mol. The topological polar surface area (TPSA) is 22.1 Å². The standard InChI is InChI=1S/C7H8FNO/c1-2-10-7-5-9-4-3-6(7)8/h3-5H,2H2,1H3. The molecule has 0 fully saturated rings. The van der Waals surface area contributed by atoms with Crippen LogP contribution in [0.25, 0.3) is 0 Å². The molecule has 0 unspecified atom stereocenters. The molecule has 0 bridgehead atoms. The Hall–Kier alpha value is -1.12. The third kappa shape index (κ3) is 1.43. The second-order valence-electron chi connectivity index (χ2n) is 1.74. The molecule has 0 amide bonds. The first-order chi connectivity index (χ1) is 4.84. The highest BCUT2D eigenvalue weighted by Crippen LogP contribution is 2.12. The second kappa shape index (κ2) is 3.15. The van der Waals surface area contributed by atoms with Gasteiger partial charge >= 0.3 is 0 Å². The van der Waals surface area contributed by atoms with E-state index in [1.807, 2.05) is 0 Å². The van der Waals surface area contributed by atoms with Gasteiger partial charge in [-0.1, -0.05) is 0 Å². The maximum Gasteiger partial charge on any atom is 0.173 e. The summed E-state index contributed by atoms with van der Waals surface area (Å²) in [6.07, 6.45) is 2.75. The van der Waals surface area contributed by atoms with Crippen molar-refractivity contribution in [3.05, 3.63) is 24.3 Å². The van der Waals surface area contributed by atoms with Crippen LogP contribution in [0, 0.1) is 5.82 Å². The van der Waals surface area contributed by atoms with Gasteiger partial charge in [0.2, 0.25) is 0 Å². The fourth-order valence-electron chi connectivity index (χ4n) is 0.625. The molecular weight excluding hydrogens is 133 g/mol. The highest BCUT2D eigenvalue weighted by Gasteiger charge is 1.98. The zero-order valence-corrected chi connectivity index (χ0v) is 5.67. The number of hydrogen-bond donors (Lipinski definition) is 0. The van der Waals surface area contributed by atoms with Gasteiger partial charge in [-0.2, -0.15) is 0 Å². The lowest BCUT2D eigenvalue weighted by atomic mass is 10.4. The average molecular weight is 141 g/mol. The summed E-state index contributed by atoms with van der Waals surface area (Å²) in [6.45, 7) is 2.26. The quantitative estimate of drug-likeness (QED) is 0.624. The van der Waals surface area contributed by atoms with E-state index in [0.29, 0.717) is 6.61 Å². The summed E-state index contributed by atoms with van der Waals surface area (Å²) in [4.78, 5) is 3.70. The van der Waals surface area contributed by atoms with Crippen molar-refractivity contribution in [2.24, 2.45) is 0 Å². The summed E-state index contributed by atoms with van der Waals surface area (Å²) in [5.74, 6) is -0.151. The number of ether oxygens (including phenoxy) is 1. The summed E-state index contributed by atoms with van der Waals surface area (Å²) >= 11 is 0. The summed E-state index contributed by atoms with van der Waals surface area (Å²) in [5.41, 5.74) is 0.